The molecule has 0 unspecified atom stereocenters. The summed E-state index contributed by atoms with van der Waals surface area (Å²) in [6.07, 6.45) is 5.12. The predicted molar refractivity (Wildman–Crippen MR) is 179 cm³/mol. The number of nitrogens with zero attached hydrogens (tertiary/aromatic N) is 1. The molecule has 0 radical (unpaired) electrons. The Kier molecular flexibility index (Phi) is 11.8. The van der Waals surface area contributed by atoms with Gasteiger partial charge in [-0.05, 0) is 68.9 Å². The number of hydrogen-bond acceptors (Lipinski definition) is 7. The molecule has 1 amide bonds. The number of hydrogen-bond donors (Lipinski definition) is 2. The maximum Gasteiger partial charge on any atom is 0.306 e. The molecule has 0 atom stereocenters. The number of nitrogens with two attached hydrogens (primary N) is 1. The number of carbonyl (C=O) groups is 2. The molecule has 0 saturated carbocycles. The van der Waals surface area contributed by atoms with Crippen LogP contribution in [0.1, 0.15) is 63.1 Å². The molecule has 0 aliphatic carbocycles. The first kappa shape index (κ1) is 33.0. The van der Waals surface area contributed by atoms with Crippen LogP contribution in [-0.4, -0.2) is 28.3 Å². The summed E-state index contributed by atoms with van der Waals surface area (Å²) in [6.45, 7) is 6.10. The molecule has 0 saturated heterocycles. The van der Waals surface area contributed by atoms with Crippen molar-refractivity contribution in [2.75, 3.05) is 6.61 Å². The van der Waals surface area contributed by atoms with Gasteiger partial charge in [0.05, 0.1) is 23.0 Å². The Balaban J connectivity index is 1.32. The maximum atomic E-state index is 13.5. The van der Waals surface area contributed by atoms with E-state index in [1.54, 1.807) is 6.20 Å². The Morgan fingerprint density at radius 1 is 0.932 bits per heavy atom. The lowest BCUT2D eigenvalue weighted by atomic mass is 10.1. The minimum Gasteiger partial charge on any atom is -0.492 e. The maximum absolute atomic E-state index is 13.5. The van der Waals surface area contributed by atoms with Gasteiger partial charge in [-0.25, -0.2) is 0 Å². The molecule has 1 aliphatic heterocycles. The number of carbonyl (C=O) groups excluding carboxylic acids is 2. The van der Waals surface area contributed by atoms with Crippen molar-refractivity contribution in [3.63, 3.8) is 0 Å². The fraction of sp³-hybridized carbons (Fsp3) is 0.314. The molecule has 1 aliphatic rings. The zero-order valence-electron chi connectivity index (χ0n) is 25.5. The summed E-state index contributed by atoms with van der Waals surface area (Å²) in [5.41, 5.74) is 10.6. The number of rotatable bonds is 12. The topological polar surface area (TPSA) is 93.9 Å². The fourth-order valence-electron chi connectivity index (χ4n) is 4.54. The summed E-state index contributed by atoms with van der Waals surface area (Å²) in [5.74, 6) is 1.21. The number of ether oxygens (including phenoxy) is 2. The van der Waals surface area contributed by atoms with Gasteiger partial charge in [-0.2, -0.15) is 0 Å². The van der Waals surface area contributed by atoms with Crippen LogP contribution in [0.2, 0.25) is 5.02 Å². The average molecular weight is 634 g/mol. The van der Waals surface area contributed by atoms with Crippen LogP contribution in [0.15, 0.2) is 96.6 Å². The van der Waals surface area contributed by atoms with Crippen molar-refractivity contribution in [1.29, 1.82) is 0 Å². The molecule has 0 fully saturated rings. The van der Waals surface area contributed by atoms with E-state index in [9.17, 15) is 9.59 Å². The highest BCUT2D eigenvalue weighted by atomic mass is 35.5. The molecule has 4 rings (SSSR count). The first-order valence-electron chi connectivity index (χ1n) is 14.7. The lowest BCUT2D eigenvalue weighted by Gasteiger charge is -2.29. The molecule has 232 valence electrons. The first-order chi connectivity index (χ1) is 21.1. The molecule has 3 aromatic rings. The van der Waals surface area contributed by atoms with Crippen LogP contribution in [0.5, 0.6) is 5.75 Å². The Hall–Kier alpha value is -3.88. The molecule has 1 heterocycles. The van der Waals surface area contributed by atoms with Gasteiger partial charge in [0.15, 0.2) is 0 Å². The lowest BCUT2D eigenvalue weighted by molar-refractivity contribution is -0.154. The van der Waals surface area contributed by atoms with Crippen LogP contribution in [0, 0.1) is 0 Å². The van der Waals surface area contributed by atoms with Gasteiger partial charge < -0.3 is 20.5 Å². The van der Waals surface area contributed by atoms with Gasteiger partial charge in [0, 0.05) is 24.8 Å². The highest BCUT2D eigenvalue weighted by Gasteiger charge is 2.25. The third-order valence-corrected chi connectivity index (χ3v) is 7.90. The Morgan fingerprint density at radius 2 is 1.64 bits per heavy atom. The summed E-state index contributed by atoms with van der Waals surface area (Å²) in [4.78, 5) is 26.8. The van der Waals surface area contributed by atoms with Crippen LogP contribution < -0.4 is 15.8 Å². The van der Waals surface area contributed by atoms with Crippen LogP contribution in [0.4, 0.5) is 4.79 Å². The first-order valence-corrected chi connectivity index (χ1v) is 16.1. The second-order valence-corrected chi connectivity index (χ2v) is 12.8. The van der Waals surface area contributed by atoms with Gasteiger partial charge in [-0.15, -0.1) is 0 Å². The number of benzene rings is 3. The van der Waals surface area contributed by atoms with Gasteiger partial charge in [0.2, 0.25) is 0 Å². The van der Waals surface area contributed by atoms with Crippen LogP contribution in [0.3, 0.4) is 0 Å². The molecule has 3 N–H and O–H groups in total. The van der Waals surface area contributed by atoms with Crippen molar-refractivity contribution in [3.8, 4) is 5.75 Å². The fourth-order valence-corrected chi connectivity index (χ4v) is 5.56. The third kappa shape index (κ3) is 10.1. The van der Waals surface area contributed by atoms with E-state index in [-0.39, 0.29) is 11.2 Å². The minimum absolute atomic E-state index is 0.177. The third-order valence-electron chi connectivity index (χ3n) is 6.68. The standard InChI is InChI=1S/C35H40ClN3O4S/c1-35(2,3)43-32(40)17-11-6-12-20-42-31-19-18-26(21-28(31)36)24-44-34(41)39-23-30(27-15-9-5-10-16-27)38-29(33(39)37)22-25-13-7-4-8-14-25/h4-5,7-10,13-16,18-19,21,23,38H,6,11-12,17,20,22,24,37H2,1-3H3. The molecule has 9 heteroatoms. The predicted octanol–water partition coefficient (Wildman–Crippen LogP) is 8.25. The van der Waals surface area contributed by atoms with Crippen LogP contribution >= 0.6 is 23.4 Å². The number of nitrogens with one attached hydrogen (secondary N) is 1. The van der Waals surface area contributed by atoms with Gasteiger partial charge >= 0.3 is 5.97 Å². The van der Waals surface area contributed by atoms with Crippen molar-refractivity contribution in [3.05, 3.63) is 118 Å². The molecular formula is C35H40ClN3O4S. The highest BCUT2D eigenvalue weighted by Crippen LogP contribution is 2.30. The number of allylic oxidation sites excluding steroid dienone is 1. The second kappa shape index (κ2) is 15.7. The number of esters is 1. The van der Waals surface area contributed by atoms with Crippen LogP contribution in [0.25, 0.3) is 5.70 Å². The molecule has 0 aromatic heterocycles. The number of halogens is 1. The van der Waals surface area contributed by atoms with Crippen molar-refractivity contribution in [1.82, 2.24) is 10.2 Å². The van der Waals surface area contributed by atoms with Gasteiger partial charge in [0.25, 0.3) is 5.24 Å². The highest BCUT2D eigenvalue weighted by molar-refractivity contribution is 8.12. The lowest BCUT2D eigenvalue weighted by Crippen LogP contribution is -2.36. The summed E-state index contributed by atoms with van der Waals surface area (Å²) >= 11 is 7.66. The molecular weight excluding hydrogens is 594 g/mol. The quantitative estimate of drug-likeness (QED) is 0.153. The van der Waals surface area contributed by atoms with Crippen molar-refractivity contribution in [2.45, 2.75) is 64.2 Å². The number of thioether (sulfide) groups is 1. The number of amides is 1. The molecule has 7 nitrogen and oxygen atoms in total. The van der Waals surface area contributed by atoms with E-state index in [1.165, 1.54) is 4.90 Å². The minimum atomic E-state index is -0.459. The van der Waals surface area contributed by atoms with Crippen molar-refractivity contribution in [2.24, 2.45) is 5.73 Å². The zero-order chi connectivity index (χ0) is 31.5. The van der Waals surface area contributed by atoms with Crippen molar-refractivity contribution < 1.29 is 19.1 Å². The van der Waals surface area contributed by atoms with Crippen molar-refractivity contribution >= 4 is 40.3 Å². The van der Waals surface area contributed by atoms with Gasteiger partial charge in [0.1, 0.15) is 17.2 Å². The normalized spacial score (nSPS) is 13.3. The van der Waals surface area contributed by atoms with E-state index in [4.69, 9.17) is 26.8 Å². The summed E-state index contributed by atoms with van der Waals surface area (Å²) in [5, 5.41) is 3.74. The Bertz CT molecular complexity index is 1490. The largest absolute Gasteiger partial charge is 0.492 e. The van der Waals surface area contributed by atoms with Crippen LogP contribution in [-0.2, 0) is 21.7 Å². The van der Waals surface area contributed by atoms with Gasteiger partial charge in [-0.3, -0.25) is 14.5 Å². The summed E-state index contributed by atoms with van der Waals surface area (Å²) in [6, 6.07) is 25.4. The zero-order valence-corrected chi connectivity index (χ0v) is 27.0. The molecule has 0 bridgehead atoms. The van der Waals surface area contributed by atoms with E-state index >= 15 is 0 Å². The summed E-state index contributed by atoms with van der Waals surface area (Å²) < 4.78 is 11.2. The second-order valence-electron chi connectivity index (χ2n) is 11.5. The number of unbranched alkanes of at least 4 members (excludes halogenated alkanes) is 2. The van der Waals surface area contributed by atoms with E-state index in [1.807, 2.05) is 99.6 Å². The van der Waals surface area contributed by atoms with E-state index in [0.717, 1.165) is 59.1 Å². The van der Waals surface area contributed by atoms with E-state index < -0.39 is 5.60 Å². The smallest absolute Gasteiger partial charge is 0.306 e. The molecule has 3 aromatic carbocycles. The Labute approximate surface area is 269 Å². The SMILES string of the molecule is CC(C)(C)OC(=O)CCCCCOc1ccc(CSC(=O)N2C=C(c3ccccc3)NC(Cc3ccccc3)=C2N)cc1Cl. The van der Waals surface area contributed by atoms with Gasteiger partial charge in [-0.1, -0.05) is 90.1 Å². The summed E-state index contributed by atoms with van der Waals surface area (Å²) in [7, 11) is 0. The van der Waals surface area contributed by atoms with E-state index in [0.29, 0.717) is 41.8 Å². The monoisotopic (exact) mass is 633 g/mol. The van der Waals surface area contributed by atoms with E-state index in [2.05, 4.69) is 5.32 Å². The molecule has 0 spiro atoms. The average Bonchev–Trinajstić information content (AvgIpc) is 2.99. The Morgan fingerprint density at radius 3 is 2.32 bits per heavy atom. The molecule has 44 heavy (non-hydrogen) atoms.